The van der Waals surface area contributed by atoms with E-state index in [1.165, 1.54) is 25.0 Å². The van der Waals surface area contributed by atoms with E-state index in [4.69, 9.17) is 11.6 Å². The summed E-state index contributed by atoms with van der Waals surface area (Å²) in [5.41, 5.74) is 2.26. The quantitative estimate of drug-likeness (QED) is 0.897. The number of piperidine rings is 1. The van der Waals surface area contributed by atoms with Crippen molar-refractivity contribution in [3.8, 4) is 0 Å². The SMILES string of the molecule is CCc1nn(CC)c(CC2CC(CC)CCN2)c1Cl. The van der Waals surface area contributed by atoms with Crippen LogP contribution in [0.2, 0.25) is 5.02 Å². The zero-order chi connectivity index (χ0) is 13.8. The minimum absolute atomic E-state index is 0.558. The molecule has 0 spiro atoms. The first-order chi connectivity index (χ1) is 9.19. The van der Waals surface area contributed by atoms with Gasteiger partial charge in [-0.25, -0.2) is 0 Å². The molecular weight excluding hydrogens is 258 g/mol. The van der Waals surface area contributed by atoms with Crippen LogP contribution in [0.5, 0.6) is 0 Å². The molecule has 108 valence electrons. The molecule has 2 unspecified atom stereocenters. The predicted octanol–water partition coefficient (Wildman–Crippen LogP) is 3.44. The Balaban J connectivity index is 2.11. The van der Waals surface area contributed by atoms with E-state index < -0.39 is 0 Å². The maximum Gasteiger partial charge on any atom is 0.0850 e. The fraction of sp³-hybridized carbons (Fsp3) is 0.800. The number of hydrogen-bond donors (Lipinski definition) is 1. The molecule has 1 aliphatic heterocycles. The second-order valence-corrected chi connectivity index (χ2v) is 5.91. The molecular formula is C15H26ClN3. The van der Waals surface area contributed by atoms with Crippen LogP contribution in [0.25, 0.3) is 0 Å². The zero-order valence-electron chi connectivity index (χ0n) is 12.4. The van der Waals surface area contributed by atoms with Gasteiger partial charge in [-0.05, 0) is 38.6 Å². The van der Waals surface area contributed by atoms with Gasteiger partial charge in [0.15, 0.2) is 0 Å². The van der Waals surface area contributed by atoms with Crippen molar-refractivity contribution in [2.45, 2.75) is 65.5 Å². The van der Waals surface area contributed by atoms with Crippen LogP contribution < -0.4 is 5.32 Å². The fourth-order valence-electron chi connectivity index (χ4n) is 3.07. The number of aromatic nitrogens is 2. The van der Waals surface area contributed by atoms with Gasteiger partial charge in [0.1, 0.15) is 0 Å². The smallest absolute Gasteiger partial charge is 0.0850 e. The van der Waals surface area contributed by atoms with Gasteiger partial charge in [0.05, 0.1) is 16.4 Å². The van der Waals surface area contributed by atoms with Gasteiger partial charge in [-0.3, -0.25) is 4.68 Å². The Kier molecular flexibility index (Phi) is 5.28. The molecule has 2 atom stereocenters. The number of halogens is 1. The molecule has 2 rings (SSSR count). The third-order valence-electron chi connectivity index (χ3n) is 4.31. The maximum absolute atomic E-state index is 6.49. The van der Waals surface area contributed by atoms with E-state index in [0.29, 0.717) is 6.04 Å². The maximum atomic E-state index is 6.49. The summed E-state index contributed by atoms with van der Waals surface area (Å²) in [4.78, 5) is 0. The summed E-state index contributed by atoms with van der Waals surface area (Å²) in [5.74, 6) is 0.869. The molecule has 0 aromatic carbocycles. The molecule has 1 N–H and O–H groups in total. The topological polar surface area (TPSA) is 29.9 Å². The normalized spacial score (nSPS) is 23.8. The van der Waals surface area contributed by atoms with Crippen molar-refractivity contribution in [3.05, 3.63) is 16.4 Å². The van der Waals surface area contributed by atoms with E-state index in [-0.39, 0.29) is 0 Å². The summed E-state index contributed by atoms with van der Waals surface area (Å²) in [6.07, 6.45) is 5.79. The third kappa shape index (κ3) is 3.32. The molecule has 1 aromatic rings. The average Bonchev–Trinajstić information content (AvgIpc) is 2.75. The first kappa shape index (κ1) is 14.9. The molecule has 1 fully saturated rings. The van der Waals surface area contributed by atoms with Crippen LogP contribution in [-0.2, 0) is 19.4 Å². The Morgan fingerprint density at radius 1 is 1.37 bits per heavy atom. The van der Waals surface area contributed by atoms with E-state index >= 15 is 0 Å². The molecule has 0 saturated carbocycles. The Labute approximate surface area is 121 Å². The van der Waals surface area contributed by atoms with Gasteiger partial charge in [0, 0.05) is 19.0 Å². The molecule has 2 heterocycles. The lowest BCUT2D eigenvalue weighted by atomic mass is 9.88. The Morgan fingerprint density at radius 3 is 2.79 bits per heavy atom. The number of nitrogens with one attached hydrogen (secondary N) is 1. The van der Waals surface area contributed by atoms with Crippen molar-refractivity contribution >= 4 is 11.6 Å². The van der Waals surface area contributed by atoms with Crippen LogP contribution in [-0.4, -0.2) is 22.4 Å². The van der Waals surface area contributed by atoms with E-state index in [2.05, 4.69) is 35.9 Å². The largest absolute Gasteiger partial charge is 0.314 e. The first-order valence-electron chi connectivity index (χ1n) is 7.66. The van der Waals surface area contributed by atoms with E-state index in [1.807, 2.05) is 0 Å². The summed E-state index contributed by atoms with van der Waals surface area (Å²) >= 11 is 6.49. The van der Waals surface area contributed by atoms with E-state index in [1.54, 1.807) is 0 Å². The average molecular weight is 284 g/mol. The lowest BCUT2D eigenvalue weighted by Crippen LogP contribution is -2.39. The molecule has 1 saturated heterocycles. The molecule has 0 aliphatic carbocycles. The van der Waals surface area contributed by atoms with Crippen molar-refractivity contribution in [3.63, 3.8) is 0 Å². The van der Waals surface area contributed by atoms with Gasteiger partial charge in [-0.15, -0.1) is 0 Å². The zero-order valence-corrected chi connectivity index (χ0v) is 13.1. The van der Waals surface area contributed by atoms with Crippen LogP contribution in [0.1, 0.15) is 51.4 Å². The van der Waals surface area contributed by atoms with Crippen LogP contribution in [0, 0.1) is 5.92 Å². The highest BCUT2D eigenvalue weighted by Gasteiger charge is 2.23. The monoisotopic (exact) mass is 283 g/mol. The van der Waals surface area contributed by atoms with Crippen molar-refractivity contribution in [1.82, 2.24) is 15.1 Å². The highest BCUT2D eigenvalue weighted by Crippen LogP contribution is 2.26. The predicted molar refractivity (Wildman–Crippen MR) is 80.8 cm³/mol. The molecule has 0 bridgehead atoms. The van der Waals surface area contributed by atoms with Gasteiger partial charge < -0.3 is 5.32 Å². The van der Waals surface area contributed by atoms with Gasteiger partial charge in [0.25, 0.3) is 0 Å². The van der Waals surface area contributed by atoms with E-state index in [9.17, 15) is 0 Å². The Hall–Kier alpha value is -0.540. The fourth-order valence-corrected chi connectivity index (χ4v) is 3.41. The van der Waals surface area contributed by atoms with Crippen LogP contribution >= 0.6 is 11.6 Å². The van der Waals surface area contributed by atoms with Crippen molar-refractivity contribution < 1.29 is 0 Å². The minimum Gasteiger partial charge on any atom is -0.314 e. The molecule has 1 aromatic heterocycles. The number of rotatable bonds is 5. The summed E-state index contributed by atoms with van der Waals surface area (Å²) in [7, 11) is 0. The lowest BCUT2D eigenvalue weighted by Gasteiger charge is -2.30. The Morgan fingerprint density at radius 2 is 2.16 bits per heavy atom. The third-order valence-corrected chi connectivity index (χ3v) is 4.75. The van der Waals surface area contributed by atoms with Gasteiger partial charge in [-0.1, -0.05) is 31.9 Å². The summed E-state index contributed by atoms with van der Waals surface area (Å²) in [6.45, 7) is 8.59. The second kappa shape index (κ2) is 6.76. The lowest BCUT2D eigenvalue weighted by molar-refractivity contribution is 0.291. The highest BCUT2D eigenvalue weighted by molar-refractivity contribution is 6.31. The van der Waals surface area contributed by atoms with Crippen LogP contribution in [0.15, 0.2) is 0 Å². The molecule has 1 aliphatic rings. The van der Waals surface area contributed by atoms with Gasteiger partial charge >= 0.3 is 0 Å². The van der Waals surface area contributed by atoms with Crippen LogP contribution in [0.3, 0.4) is 0 Å². The van der Waals surface area contributed by atoms with Crippen LogP contribution in [0.4, 0.5) is 0 Å². The highest BCUT2D eigenvalue weighted by atomic mass is 35.5. The standard InChI is InChI=1S/C15H26ClN3/c1-4-11-7-8-17-12(9-11)10-14-15(16)13(5-2)18-19(14)6-3/h11-12,17H,4-10H2,1-3H3. The van der Waals surface area contributed by atoms with Gasteiger partial charge in [0.2, 0.25) is 0 Å². The first-order valence-corrected chi connectivity index (χ1v) is 8.04. The minimum atomic E-state index is 0.558. The molecule has 4 heteroatoms. The van der Waals surface area contributed by atoms with Crippen molar-refractivity contribution in [2.24, 2.45) is 5.92 Å². The molecule has 0 amide bonds. The summed E-state index contributed by atoms with van der Waals surface area (Å²) in [6, 6.07) is 0.558. The van der Waals surface area contributed by atoms with Crippen molar-refractivity contribution in [1.29, 1.82) is 0 Å². The molecule has 3 nitrogen and oxygen atoms in total. The summed E-state index contributed by atoms with van der Waals surface area (Å²) < 4.78 is 2.08. The number of aryl methyl sites for hydroxylation is 2. The van der Waals surface area contributed by atoms with Gasteiger partial charge in [-0.2, -0.15) is 5.10 Å². The van der Waals surface area contributed by atoms with E-state index in [0.717, 1.165) is 42.6 Å². The Bertz CT molecular complexity index is 414. The number of nitrogens with zero attached hydrogens (tertiary/aromatic N) is 2. The molecule has 0 radical (unpaired) electrons. The summed E-state index contributed by atoms with van der Waals surface area (Å²) in [5, 5.41) is 9.14. The molecule has 19 heavy (non-hydrogen) atoms. The van der Waals surface area contributed by atoms with Crippen molar-refractivity contribution in [2.75, 3.05) is 6.54 Å². The second-order valence-electron chi connectivity index (χ2n) is 5.53. The number of hydrogen-bond acceptors (Lipinski definition) is 2.